The van der Waals surface area contributed by atoms with E-state index in [0.717, 1.165) is 43.5 Å². The minimum absolute atomic E-state index is 0.694. The van der Waals surface area contributed by atoms with Gasteiger partial charge in [-0.2, -0.15) is 4.52 Å². The lowest BCUT2D eigenvalue weighted by atomic mass is 10.3. The quantitative estimate of drug-likeness (QED) is 0.714. The molecule has 3 aromatic heterocycles. The summed E-state index contributed by atoms with van der Waals surface area (Å²) >= 11 is 6.22. The summed E-state index contributed by atoms with van der Waals surface area (Å²) in [4.78, 5) is 8.82. The van der Waals surface area contributed by atoms with Gasteiger partial charge in [-0.1, -0.05) is 11.6 Å². The van der Waals surface area contributed by atoms with Crippen LogP contribution >= 0.6 is 11.6 Å². The number of hydrogen-bond acceptors (Lipinski definition) is 6. The Kier molecular flexibility index (Phi) is 3.27. The van der Waals surface area contributed by atoms with Crippen molar-refractivity contribution in [3.05, 3.63) is 41.8 Å². The van der Waals surface area contributed by atoms with Crippen LogP contribution in [0.25, 0.3) is 5.65 Å². The molecule has 0 bridgehead atoms. The summed E-state index contributed by atoms with van der Waals surface area (Å²) in [6, 6.07) is 7.63. The van der Waals surface area contributed by atoms with E-state index < -0.39 is 0 Å². The van der Waals surface area contributed by atoms with E-state index in [1.807, 2.05) is 24.3 Å². The number of aromatic nitrogens is 5. The number of anilines is 2. The van der Waals surface area contributed by atoms with Crippen molar-refractivity contribution >= 4 is 28.9 Å². The summed E-state index contributed by atoms with van der Waals surface area (Å²) in [5.41, 5.74) is 0.752. The van der Waals surface area contributed by atoms with Gasteiger partial charge in [-0.05, 0) is 24.3 Å². The zero-order chi connectivity index (χ0) is 14.9. The number of fused-ring (bicyclic) bond motifs is 1. The summed E-state index contributed by atoms with van der Waals surface area (Å²) in [5, 5.41) is 13.0. The van der Waals surface area contributed by atoms with E-state index in [1.54, 1.807) is 17.0 Å². The molecule has 1 fully saturated rings. The number of hydrogen-bond donors (Lipinski definition) is 0. The minimum Gasteiger partial charge on any atom is -0.352 e. The fraction of sp³-hybridized carbons (Fsp3) is 0.286. The van der Waals surface area contributed by atoms with E-state index in [-0.39, 0.29) is 0 Å². The first-order chi connectivity index (χ1) is 10.8. The fourth-order valence-electron chi connectivity index (χ4n) is 2.64. The molecule has 0 amide bonds. The molecule has 8 heteroatoms. The van der Waals surface area contributed by atoms with E-state index in [2.05, 4.69) is 30.1 Å². The van der Waals surface area contributed by atoms with Gasteiger partial charge in [-0.25, -0.2) is 4.98 Å². The van der Waals surface area contributed by atoms with Gasteiger partial charge < -0.3 is 9.80 Å². The maximum atomic E-state index is 6.22. The first kappa shape index (κ1) is 13.3. The molecule has 112 valence electrons. The van der Waals surface area contributed by atoms with Crippen molar-refractivity contribution in [3.63, 3.8) is 0 Å². The van der Waals surface area contributed by atoms with Gasteiger partial charge in [0.25, 0.3) is 0 Å². The SMILES string of the molecule is Clc1cccnc1N1CCN(c2ccc3nncn3n2)CC1. The molecular weight excluding hydrogens is 302 g/mol. The Bertz CT molecular complexity index is 794. The normalized spacial score (nSPS) is 15.5. The van der Waals surface area contributed by atoms with Crippen LogP contribution in [0.15, 0.2) is 36.8 Å². The topological polar surface area (TPSA) is 62.5 Å². The third kappa shape index (κ3) is 2.33. The molecule has 0 aliphatic carbocycles. The minimum atomic E-state index is 0.694. The van der Waals surface area contributed by atoms with Crippen LogP contribution in [0, 0.1) is 0 Å². The molecular formula is C14H14ClN7. The molecule has 0 saturated carbocycles. The van der Waals surface area contributed by atoms with Crippen LogP contribution in [0.4, 0.5) is 11.6 Å². The van der Waals surface area contributed by atoms with Crippen molar-refractivity contribution in [3.8, 4) is 0 Å². The zero-order valence-corrected chi connectivity index (χ0v) is 12.6. The van der Waals surface area contributed by atoms with Gasteiger partial charge in [0, 0.05) is 32.4 Å². The summed E-state index contributed by atoms with van der Waals surface area (Å²) in [5.74, 6) is 1.78. The lowest BCUT2D eigenvalue weighted by molar-refractivity contribution is 0.636. The van der Waals surface area contributed by atoms with Crippen molar-refractivity contribution < 1.29 is 0 Å². The Morgan fingerprint density at radius 3 is 2.64 bits per heavy atom. The number of pyridine rings is 1. The summed E-state index contributed by atoms with van der Waals surface area (Å²) in [6.45, 7) is 3.46. The van der Waals surface area contributed by atoms with Gasteiger partial charge in [0.1, 0.15) is 18.0 Å². The van der Waals surface area contributed by atoms with Crippen LogP contribution in [0.2, 0.25) is 5.02 Å². The van der Waals surface area contributed by atoms with Crippen molar-refractivity contribution in [2.45, 2.75) is 0 Å². The predicted molar refractivity (Wildman–Crippen MR) is 84.5 cm³/mol. The highest BCUT2D eigenvalue weighted by Gasteiger charge is 2.20. The molecule has 1 aliphatic heterocycles. The Morgan fingerprint density at radius 1 is 1.00 bits per heavy atom. The van der Waals surface area contributed by atoms with Gasteiger partial charge in [-0.3, -0.25) is 0 Å². The molecule has 0 spiro atoms. The molecule has 4 rings (SSSR count). The van der Waals surface area contributed by atoms with Crippen LogP contribution in [0.1, 0.15) is 0 Å². The van der Waals surface area contributed by atoms with Crippen molar-refractivity contribution in [1.82, 2.24) is 24.8 Å². The molecule has 1 saturated heterocycles. The molecule has 0 aromatic carbocycles. The zero-order valence-electron chi connectivity index (χ0n) is 11.8. The number of rotatable bonds is 2. The van der Waals surface area contributed by atoms with Crippen LogP contribution < -0.4 is 9.80 Å². The summed E-state index contributed by atoms with van der Waals surface area (Å²) in [6.07, 6.45) is 3.39. The van der Waals surface area contributed by atoms with E-state index >= 15 is 0 Å². The molecule has 0 N–H and O–H groups in total. The smallest absolute Gasteiger partial charge is 0.177 e. The monoisotopic (exact) mass is 315 g/mol. The number of halogens is 1. The lowest BCUT2D eigenvalue weighted by Crippen LogP contribution is -2.47. The van der Waals surface area contributed by atoms with Gasteiger partial charge >= 0.3 is 0 Å². The lowest BCUT2D eigenvalue weighted by Gasteiger charge is -2.36. The Hall–Kier alpha value is -2.41. The van der Waals surface area contributed by atoms with Crippen molar-refractivity contribution in [2.24, 2.45) is 0 Å². The van der Waals surface area contributed by atoms with E-state index in [1.165, 1.54) is 0 Å². The second kappa shape index (κ2) is 5.42. The summed E-state index contributed by atoms with van der Waals surface area (Å²) in [7, 11) is 0. The van der Waals surface area contributed by atoms with E-state index in [4.69, 9.17) is 11.6 Å². The largest absolute Gasteiger partial charge is 0.352 e. The Labute approximate surface area is 132 Å². The highest BCUT2D eigenvalue weighted by molar-refractivity contribution is 6.32. The second-order valence-corrected chi connectivity index (χ2v) is 5.52. The summed E-state index contributed by atoms with van der Waals surface area (Å²) < 4.78 is 1.69. The molecule has 1 aliphatic rings. The van der Waals surface area contributed by atoms with Crippen LogP contribution in [0.3, 0.4) is 0 Å². The molecule has 0 atom stereocenters. The molecule has 0 radical (unpaired) electrons. The number of piperazine rings is 1. The highest BCUT2D eigenvalue weighted by atomic mass is 35.5. The standard InChI is InChI=1S/C14H14ClN7/c15-11-2-1-5-16-14(11)21-8-6-20(7-9-21)13-4-3-12-18-17-10-22(12)19-13/h1-5,10H,6-9H2. The highest BCUT2D eigenvalue weighted by Crippen LogP contribution is 2.24. The van der Waals surface area contributed by atoms with Gasteiger partial charge in [0.15, 0.2) is 5.65 Å². The second-order valence-electron chi connectivity index (χ2n) is 5.11. The average Bonchev–Trinajstić information content (AvgIpc) is 3.03. The Balaban J connectivity index is 1.50. The fourth-order valence-corrected chi connectivity index (χ4v) is 2.89. The number of nitrogens with zero attached hydrogens (tertiary/aromatic N) is 7. The van der Waals surface area contributed by atoms with Gasteiger partial charge in [0.2, 0.25) is 0 Å². The maximum Gasteiger partial charge on any atom is 0.177 e. The third-order valence-electron chi connectivity index (χ3n) is 3.79. The van der Waals surface area contributed by atoms with Crippen molar-refractivity contribution in [1.29, 1.82) is 0 Å². The van der Waals surface area contributed by atoms with Crippen LogP contribution in [0.5, 0.6) is 0 Å². The Morgan fingerprint density at radius 2 is 1.82 bits per heavy atom. The van der Waals surface area contributed by atoms with Gasteiger partial charge in [-0.15, -0.1) is 15.3 Å². The molecule has 0 unspecified atom stereocenters. The molecule has 7 nitrogen and oxygen atoms in total. The van der Waals surface area contributed by atoms with Gasteiger partial charge in [0.05, 0.1) is 5.02 Å². The van der Waals surface area contributed by atoms with E-state index in [0.29, 0.717) is 5.02 Å². The van der Waals surface area contributed by atoms with Crippen LogP contribution in [-0.4, -0.2) is 51.0 Å². The molecule has 4 heterocycles. The first-order valence-electron chi connectivity index (χ1n) is 7.09. The third-order valence-corrected chi connectivity index (χ3v) is 4.08. The maximum absolute atomic E-state index is 6.22. The molecule has 3 aromatic rings. The molecule has 22 heavy (non-hydrogen) atoms. The average molecular weight is 316 g/mol. The van der Waals surface area contributed by atoms with E-state index in [9.17, 15) is 0 Å². The predicted octanol–water partition coefficient (Wildman–Crippen LogP) is 1.50. The van der Waals surface area contributed by atoms with Crippen LogP contribution in [-0.2, 0) is 0 Å². The van der Waals surface area contributed by atoms with Crippen molar-refractivity contribution in [2.75, 3.05) is 36.0 Å². The first-order valence-corrected chi connectivity index (χ1v) is 7.46.